The molecule has 2 aromatic carbocycles. The minimum Gasteiger partial charge on any atom is -0.497 e. The molecule has 0 saturated carbocycles. The molecule has 4 aromatic rings. The number of hydrogen-bond acceptors (Lipinski definition) is 6. The van der Waals surface area contributed by atoms with Gasteiger partial charge < -0.3 is 4.74 Å². The van der Waals surface area contributed by atoms with E-state index in [1.54, 1.807) is 43.8 Å². The molecule has 0 aliphatic heterocycles. The van der Waals surface area contributed by atoms with E-state index in [0.717, 1.165) is 22.7 Å². The first kappa shape index (κ1) is 20.8. The summed E-state index contributed by atoms with van der Waals surface area (Å²) >= 11 is 1.41. The number of pyridine rings is 1. The van der Waals surface area contributed by atoms with Gasteiger partial charge in [-0.05, 0) is 48.9 Å². The van der Waals surface area contributed by atoms with Crippen molar-refractivity contribution in [3.05, 3.63) is 90.3 Å². The highest BCUT2D eigenvalue weighted by Gasteiger charge is 2.22. The van der Waals surface area contributed by atoms with Crippen molar-refractivity contribution < 1.29 is 9.53 Å². The number of methoxy groups -OCH3 is 1. The lowest BCUT2D eigenvalue weighted by Gasteiger charge is -2.13. The molecular weight excluding hydrogens is 408 g/mol. The van der Waals surface area contributed by atoms with E-state index in [-0.39, 0.29) is 11.0 Å². The molecule has 0 fully saturated rings. The standard InChI is InChI=1S/C24H22N4O2S/c1-17(22(29)19-10-12-21(30-2)13-11-19)31-24-27-26-23(20-9-6-14-25-15-20)28(24)16-18-7-4-3-5-8-18/h3-15,17H,16H2,1-2H3/t17-/m1/s1. The third-order valence-corrected chi connectivity index (χ3v) is 5.93. The summed E-state index contributed by atoms with van der Waals surface area (Å²) in [5.41, 5.74) is 2.65. The van der Waals surface area contributed by atoms with Crippen molar-refractivity contribution in [3.8, 4) is 17.1 Å². The smallest absolute Gasteiger partial charge is 0.192 e. The van der Waals surface area contributed by atoms with Crippen LogP contribution in [0.3, 0.4) is 0 Å². The van der Waals surface area contributed by atoms with E-state index in [1.165, 1.54) is 11.8 Å². The normalized spacial score (nSPS) is 11.8. The fourth-order valence-electron chi connectivity index (χ4n) is 3.19. The molecule has 0 aliphatic carbocycles. The minimum absolute atomic E-state index is 0.0323. The third-order valence-electron chi connectivity index (χ3n) is 4.85. The van der Waals surface area contributed by atoms with Crippen LogP contribution in [0.5, 0.6) is 5.75 Å². The first-order valence-electron chi connectivity index (χ1n) is 9.88. The van der Waals surface area contributed by atoms with Crippen LogP contribution in [0.2, 0.25) is 0 Å². The summed E-state index contributed by atoms with van der Waals surface area (Å²) in [6.45, 7) is 2.49. The molecule has 0 radical (unpaired) electrons. The lowest BCUT2D eigenvalue weighted by Crippen LogP contribution is -2.15. The monoisotopic (exact) mass is 430 g/mol. The first-order chi connectivity index (χ1) is 15.2. The molecule has 0 unspecified atom stereocenters. The Labute approximate surface area is 185 Å². The Kier molecular flexibility index (Phi) is 6.43. The molecule has 156 valence electrons. The average molecular weight is 431 g/mol. The van der Waals surface area contributed by atoms with Crippen LogP contribution in [0.4, 0.5) is 0 Å². The molecule has 31 heavy (non-hydrogen) atoms. The van der Waals surface area contributed by atoms with Crippen molar-refractivity contribution in [1.82, 2.24) is 19.7 Å². The number of Topliss-reactive ketones (excluding diaryl/α,β-unsaturated/α-hetero) is 1. The maximum atomic E-state index is 13.0. The van der Waals surface area contributed by atoms with E-state index in [2.05, 4.69) is 27.3 Å². The van der Waals surface area contributed by atoms with E-state index < -0.39 is 0 Å². The Morgan fingerprint density at radius 3 is 2.48 bits per heavy atom. The highest BCUT2D eigenvalue weighted by atomic mass is 32.2. The van der Waals surface area contributed by atoms with Gasteiger partial charge in [0.25, 0.3) is 0 Å². The Bertz CT molecular complexity index is 1150. The maximum Gasteiger partial charge on any atom is 0.192 e. The Morgan fingerprint density at radius 2 is 1.81 bits per heavy atom. The van der Waals surface area contributed by atoms with Crippen molar-refractivity contribution in [2.24, 2.45) is 0 Å². The van der Waals surface area contributed by atoms with Crippen molar-refractivity contribution in [2.45, 2.75) is 23.9 Å². The van der Waals surface area contributed by atoms with Crippen molar-refractivity contribution in [3.63, 3.8) is 0 Å². The van der Waals surface area contributed by atoms with Crippen LogP contribution in [-0.2, 0) is 6.54 Å². The minimum atomic E-state index is -0.325. The van der Waals surface area contributed by atoms with Gasteiger partial charge in [-0.2, -0.15) is 0 Å². The van der Waals surface area contributed by atoms with E-state index in [0.29, 0.717) is 17.3 Å². The average Bonchev–Trinajstić information content (AvgIpc) is 3.21. The van der Waals surface area contributed by atoms with Gasteiger partial charge in [0.05, 0.1) is 18.9 Å². The molecule has 0 bridgehead atoms. The van der Waals surface area contributed by atoms with Gasteiger partial charge in [0.1, 0.15) is 5.75 Å². The van der Waals surface area contributed by atoms with Crippen LogP contribution in [0.25, 0.3) is 11.4 Å². The van der Waals surface area contributed by atoms with Gasteiger partial charge in [0.2, 0.25) is 0 Å². The van der Waals surface area contributed by atoms with Gasteiger partial charge in [0, 0.05) is 23.5 Å². The summed E-state index contributed by atoms with van der Waals surface area (Å²) in [7, 11) is 1.61. The Hall–Kier alpha value is -3.45. The molecule has 0 aliphatic rings. The lowest BCUT2D eigenvalue weighted by atomic mass is 10.1. The molecule has 0 saturated heterocycles. The van der Waals surface area contributed by atoms with E-state index in [1.807, 2.05) is 41.8 Å². The number of aromatic nitrogens is 4. The molecule has 4 rings (SSSR count). The van der Waals surface area contributed by atoms with Gasteiger partial charge >= 0.3 is 0 Å². The van der Waals surface area contributed by atoms with Crippen molar-refractivity contribution in [1.29, 1.82) is 0 Å². The predicted octanol–water partition coefficient (Wildman–Crippen LogP) is 4.76. The van der Waals surface area contributed by atoms with Crippen LogP contribution >= 0.6 is 11.8 Å². The van der Waals surface area contributed by atoms with Crippen LogP contribution in [0.1, 0.15) is 22.8 Å². The molecule has 0 spiro atoms. The quantitative estimate of drug-likeness (QED) is 0.296. The zero-order valence-corrected chi connectivity index (χ0v) is 18.1. The van der Waals surface area contributed by atoms with Gasteiger partial charge in [-0.15, -0.1) is 10.2 Å². The Balaban J connectivity index is 1.62. The van der Waals surface area contributed by atoms with Gasteiger partial charge in [-0.25, -0.2) is 0 Å². The van der Waals surface area contributed by atoms with Crippen molar-refractivity contribution >= 4 is 17.5 Å². The summed E-state index contributed by atoms with van der Waals surface area (Å²) in [4.78, 5) is 17.2. The van der Waals surface area contributed by atoms with Gasteiger partial charge in [0.15, 0.2) is 16.8 Å². The van der Waals surface area contributed by atoms with Crippen LogP contribution < -0.4 is 4.74 Å². The molecule has 0 N–H and O–H groups in total. The Morgan fingerprint density at radius 1 is 1.03 bits per heavy atom. The van der Waals surface area contributed by atoms with E-state index in [9.17, 15) is 4.79 Å². The molecular formula is C24H22N4O2S. The summed E-state index contributed by atoms with van der Waals surface area (Å²) < 4.78 is 7.22. The van der Waals surface area contributed by atoms with E-state index in [4.69, 9.17) is 4.74 Å². The summed E-state index contributed by atoms with van der Waals surface area (Å²) in [6, 6.07) is 21.1. The van der Waals surface area contributed by atoms with Gasteiger partial charge in [-0.1, -0.05) is 42.1 Å². The molecule has 2 aromatic heterocycles. The maximum absolute atomic E-state index is 13.0. The molecule has 7 heteroatoms. The summed E-state index contributed by atoms with van der Waals surface area (Å²) in [5.74, 6) is 1.48. The number of ketones is 1. The highest BCUT2D eigenvalue weighted by Crippen LogP contribution is 2.29. The number of carbonyl (C=O) groups excluding carboxylic acids is 1. The topological polar surface area (TPSA) is 69.9 Å². The lowest BCUT2D eigenvalue weighted by molar-refractivity contribution is 0.0994. The highest BCUT2D eigenvalue weighted by molar-refractivity contribution is 8.00. The molecule has 1 atom stereocenters. The summed E-state index contributed by atoms with van der Waals surface area (Å²) in [5, 5.41) is 9.19. The fourth-order valence-corrected chi connectivity index (χ4v) is 4.12. The second-order valence-corrected chi connectivity index (χ2v) is 8.28. The molecule has 0 amide bonds. The van der Waals surface area contributed by atoms with Gasteiger partial charge in [-0.3, -0.25) is 14.3 Å². The largest absolute Gasteiger partial charge is 0.497 e. The number of benzene rings is 2. The van der Waals surface area contributed by atoms with Crippen LogP contribution in [0.15, 0.2) is 84.3 Å². The molecule has 6 nitrogen and oxygen atoms in total. The van der Waals surface area contributed by atoms with Crippen molar-refractivity contribution in [2.75, 3.05) is 7.11 Å². The zero-order chi connectivity index (χ0) is 21.6. The predicted molar refractivity (Wildman–Crippen MR) is 121 cm³/mol. The second-order valence-electron chi connectivity index (χ2n) is 6.97. The van der Waals surface area contributed by atoms with E-state index >= 15 is 0 Å². The number of ether oxygens (including phenoxy) is 1. The van der Waals surface area contributed by atoms with Crippen LogP contribution in [0, 0.1) is 0 Å². The summed E-state index contributed by atoms with van der Waals surface area (Å²) in [6.07, 6.45) is 3.50. The number of thioether (sulfide) groups is 1. The number of rotatable bonds is 8. The number of carbonyl (C=O) groups is 1. The fraction of sp³-hybridized carbons (Fsp3) is 0.167. The zero-order valence-electron chi connectivity index (χ0n) is 17.3. The second kappa shape index (κ2) is 9.57. The van der Waals surface area contributed by atoms with Crippen LogP contribution in [-0.4, -0.2) is 37.9 Å². The number of hydrogen-bond donors (Lipinski definition) is 0. The molecule has 2 heterocycles. The SMILES string of the molecule is COc1ccc(C(=O)[C@@H](C)Sc2nnc(-c3cccnc3)n2Cc2ccccc2)cc1. The first-order valence-corrected chi connectivity index (χ1v) is 10.8. The third kappa shape index (κ3) is 4.83. The number of nitrogens with zero attached hydrogens (tertiary/aromatic N) is 4.